The Labute approximate surface area is 139 Å². The van der Waals surface area contributed by atoms with Crippen LogP contribution >= 0.6 is 0 Å². The van der Waals surface area contributed by atoms with Crippen molar-refractivity contribution in [1.29, 1.82) is 0 Å². The average molecular weight is 348 g/mol. The van der Waals surface area contributed by atoms with Crippen LogP contribution in [0.3, 0.4) is 0 Å². The molecule has 1 fully saturated rings. The van der Waals surface area contributed by atoms with Crippen LogP contribution in [-0.4, -0.2) is 119 Å². The van der Waals surface area contributed by atoms with Crippen LogP contribution in [-0.2, 0) is 4.74 Å². The van der Waals surface area contributed by atoms with E-state index in [0.29, 0.717) is 13.1 Å². The van der Waals surface area contributed by atoms with E-state index in [9.17, 15) is 29.7 Å². The van der Waals surface area contributed by atoms with Gasteiger partial charge in [-0.15, -0.1) is 0 Å². The van der Waals surface area contributed by atoms with E-state index in [-0.39, 0.29) is 46.0 Å². The zero-order valence-electron chi connectivity index (χ0n) is 13.6. The van der Waals surface area contributed by atoms with Crippen molar-refractivity contribution in [2.75, 3.05) is 66.2 Å². The predicted octanol–water partition coefficient (Wildman–Crippen LogP) is -0.154. The van der Waals surface area contributed by atoms with E-state index < -0.39 is 18.3 Å². The maximum Gasteiger partial charge on any atom is 0.407 e. The molecule has 0 aliphatic carbocycles. The summed E-state index contributed by atoms with van der Waals surface area (Å²) in [4.78, 5) is 38.9. The first-order valence-electron chi connectivity index (χ1n) is 7.50. The highest BCUT2D eigenvalue weighted by Crippen LogP contribution is 2.02. The van der Waals surface area contributed by atoms with Crippen molar-refractivity contribution in [1.82, 2.24) is 19.6 Å². The maximum atomic E-state index is 11.3. The van der Waals surface area contributed by atoms with Crippen molar-refractivity contribution in [3.63, 3.8) is 0 Å². The molecule has 1 aliphatic heterocycles. The second kappa shape index (κ2) is 9.78. The van der Waals surface area contributed by atoms with E-state index in [1.807, 2.05) is 4.90 Å². The van der Waals surface area contributed by atoms with Gasteiger partial charge in [-0.25, -0.2) is 14.4 Å². The summed E-state index contributed by atoms with van der Waals surface area (Å²) in [6.07, 6.45) is -3.45. The maximum absolute atomic E-state index is 11.3. The first-order chi connectivity index (χ1) is 11.3. The third-order valence-corrected chi connectivity index (χ3v) is 3.78. The highest BCUT2D eigenvalue weighted by atomic mass is 16.5. The smallest absolute Gasteiger partial charge is 0.407 e. The van der Waals surface area contributed by atoms with Crippen LogP contribution in [0.5, 0.6) is 0 Å². The van der Waals surface area contributed by atoms with Gasteiger partial charge < -0.3 is 34.8 Å². The number of carbonyl (C=O) groups is 3. The first kappa shape index (κ1) is 19.8. The highest BCUT2D eigenvalue weighted by molar-refractivity contribution is 5.67. The zero-order chi connectivity index (χ0) is 18.1. The van der Waals surface area contributed by atoms with Gasteiger partial charge in [0.2, 0.25) is 0 Å². The highest BCUT2D eigenvalue weighted by Gasteiger charge is 2.22. The topological polar surface area (TPSA) is 134 Å². The number of hydrogen-bond donors (Lipinski definition) is 3. The van der Waals surface area contributed by atoms with Gasteiger partial charge in [-0.3, -0.25) is 4.90 Å². The summed E-state index contributed by atoms with van der Waals surface area (Å²) in [7, 11) is 1.50. The van der Waals surface area contributed by atoms with Crippen LogP contribution in [0.25, 0.3) is 0 Å². The minimum atomic E-state index is -1.20. The van der Waals surface area contributed by atoms with Crippen LogP contribution < -0.4 is 0 Å². The summed E-state index contributed by atoms with van der Waals surface area (Å²) in [5, 5.41) is 27.6. The molecule has 0 radical (unpaired) electrons. The second-order valence-corrected chi connectivity index (χ2v) is 5.34. The molecule has 138 valence electrons. The lowest BCUT2D eigenvalue weighted by atomic mass is 10.3. The Morgan fingerprint density at radius 3 is 1.25 bits per heavy atom. The van der Waals surface area contributed by atoms with Crippen LogP contribution in [0.15, 0.2) is 0 Å². The number of ether oxygens (including phenoxy) is 1. The molecule has 1 saturated heterocycles. The number of carboxylic acid groups (broad SMARTS) is 3. The molecular formula is C13H24N4O7. The molecule has 11 heteroatoms. The van der Waals surface area contributed by atoms with Crippen molar-refractivity contribution in [2.45, 2.75) is 0 Å². The molecule has 1 rings (SSSR count). The monoisotopic (exact) mass is 348 g/mol. The predicted molar refractivity (Wildman–Crippen MR) is 82.2 cm³/mol. The van der Waals surface area contributed by atoms with E-state index in [1.165, 1.54) is 7.11 Å². The largest absolute Gasteiger partial charge is 0.465 e. The molecule has 0 aromatic carbocycles. The summed E-state index contributed by atoms with van der Waals surface area (Å²) >= 11 is 0. The number of hydrogen-bond acceptors (Lipinski definition) is 5. The summed E-state index contributed by atoms with van der Waals surface area (Å²) in [5.41, 5.74) is 0. The Kier molecular flexibility index (Phi) is 8.06. The Hall–Kier alpha value is -2.27. The molecule has 0 aromatic heterocycles. The summed E-state index contributed by atoms with van der Waals surface area (Å²) < 4.78 is 5.05. The minimum Gasteiger partial charge on any atom is -0.465 e. The van der Waals surface area contributed by atoms with Crippen LogP contribution in [0.2, 0.25) is 0 Å². The van der Waals surface area contributed by atoms with Crippen LogP contribution in [0, 0.1) is 0 Å². The summed E-state index contributed by atoms with van der Waals surface area (Å²) in [6.45, 7) is 1.35. The minimum absolute atomic E-state index is 0.0145. The Balaban J connectivity index is 2.85. The van der Waals surface area contributed by atoms with Gasteiger partial charge in [-0.1, -0.05) is 0 Å². The average Bonchev–Trinajstić information content (AvgIpc) is 2.49. The first-order valence-corrected chi connectivity index (χ1v) is 7.50. The summed E-state index contributed by atoms with van der Waals surface area (Å²) in [5.74, 6) is 0. The normalized spacial score (nSPS) is 18.6. The van der Waals surface area contributed by atoms with Gasteiger partial charge in [-0.2, -0.15) is 0 Å². The molecule has 1 aliphatic rings. The van der Waals surface area contributed by atoms with Crippen molar-refractivity contribution < 1.29 is 34.4 Å². The fourth-order valence-corrected chi connectivity index (χ4v) is 2.34. The molecule has 24 heavy (non-hydrogen) atoms. The van der Waals surface area contributed by atoms with Gasteiger partial charge in [0.1, 0.15) is 0 Å². The van der Waals surface area contributed by atoms with E-state index in [2.05, 4.69) is 0 Å². The number of methoxy groups -OCH3 is 1. The molecule has 0 aromatic rings. The van der Waals surface area contributed by atoms with E-state index in [0.717, 1.165) is 14.7 Å². The lowest BCUT2D eigenvalue weighted by molar-refractivity contribution is 0.0436. The Bertz CT molecular complexity index is 418. The SMILES string of the molecule is COCN1CCN(C(=O)O)CCN(C(=O)O)CCN(C(=O)O)CC1. The second-order valence-electron chi connectivity index (χ2n) is 5.34. The molecule has 3 N–H and O–H groups in total. The Morgan fingerprint density at radius 1 is 0.708 bits per heavy atom. The van der Waals surface area contributed by atoms with Gasteiger partial charge in [0.15, 0.2) is 0 Å². The third kappa shape index (κ3) is 6.46. The number of rotatable bonds is 2. The molecule has 0 atom stereocenters. The fourth-order valence-electron chi connectivity index (χ4n) is 2.34. The van der Waals surface area contributed by atoms with Crippen molar-refractivity contribution >= 4 is 18.3 Å². The van der Waals surface area contributed by atoms with Crippen molar-refractivity contribution in [3.8, 4) is 0 Å². The Morgan fingerprint density at radius 2 is 1.00 bits per heavy atom. The van der Waals surface area contributed by atoms with Crippen LogP contribution in [0.1, 0.15) is 0 Å². The third-order valence-electron chi connectivity index (χ3n) is 3.78. The van der Waals surface area contributed by atoms with Crippen LogP contribution in [0.4, 0.5) is 14.4 Å². The van der Waals surface area contributed by atoms with E-state index >= 15 is 0 Å². The molecule has 1 heterocycles. The van der Waals surface area contributed by atoms with Gasteiger partial charge in [0, 0.05) is 59.5 Å². The van der Waals surface area contributed by atoms with E-state index in [4.69, 9.17) is 4.74 Å². The molecular weight excluding hydrogens is 324 g/mol. The fraction of sp³-hybridized carbons (Fsp3) is 0.769. The standard InChI is InChI=1S/C13H24N4O7/c1-24-10-14-2-4-15(11(18)19)6-8-17(13(22)23)9-7-16(5-3-14)12(20)21/h2-10H2,1H3,(H,18,19)(H,20,21)(H,22,23). The van der Waals surface area contributed by atoms with Gasteiger partial charge in [-0.05, 0) is 0 Å². The van der Waals surface area contributed by atoms with Gasteiger partial charge in [0.25, 0.3) is 0 Å². The molecule has 0 unspecified atom stereocenters. The molecule has 0 saturated carbocycles. The molecule has 3 amide bonds. The number of amides is 3. The molecule has 11 nitrogen and oxygen atoms in total. The summed E-state index contributed by atoms with van der Waals surface area (Å²) in [6, 6.07) is 0. The van der Waals surface area contributed by atoms with Gasteiger partial charge >= 0.3 is 18.3 Å². The lowest BCUT2D eigenvalue weighted by Gasteiger charge is -2.31. The van der Waals surface area contributed by atoms with Crippen molar-refractivity contribution in [3.05, 3.63) is 0 Å². The molecule has 0 bridgehead atoms. The van der Waals surface area contributed by atoms with Gasteiger partial charge in [0.05, 0.1) is 6.73 Å². The number of nitrogens with zero attached hydrogens (tertiary/aromatic N) is 4. The molecule has 0 spiro atoms. The van der Waals surface area contributed by atoms with Crippen molar-refractivity contribution in [2.24, 2.45) is 0 Å². The zero-order valence-corrected chi connectivity index (χ0v) is 13.6. The quantitative estimate of drug-likeness (QED) is 0.627. The lowest BCUT2D eigenvalue weighted by Crippen LogP contribution is -2.49. The van der Waals surface area contributed by atoms with E-state index in [1.54, 1.807) is 0 Å².